The van der Waals surface area contributed by atoms with E-state index in [2.05, 4.69) is 15.0 Å². The van der Waals surface area contributed by atoms with Crippen molar-refractivity contribution in [2.75, 3.05) is 26.2 Å². The summed E-state index contributed by atoms with van der Waals surface area (Å²) in [6.07, 6.45) is 3.28. The summed E-state index contributed by atoms with van der Waals surface area (Å²) >= 11 is 0. The Bertz CT molecular complexity index is 540. The van der Waals surface area contributed by atoms with Gasteiger partial charge in [-0.15, -0.1) is 0 Å². The summed E-state index contributed by atoms with van der Waals surface area (Å²) in [5.74, 6) is 2.27. The molecule has 0 aromatic carbocycles. The van der Waals surface area contributed by atoms with E-state index in [-0.39, 0.29) is 11.8 Å². The Balaban J connectivity index is 1.52. The minimum Gasteiger partial charge on any atom is -0.340 e. The number of carbonyl (C=O) groups excluding carboxylic acids is 1. The molecule has 1 aromatic rings. The summed E-state index contributed by atoms with van der Waals surface area (Å²) < 4.78 is 5.31. The van der Waals surface area contributed by atoms with Gasteiger partial charge in [0, 0.05) is 32.1 Å². The van der Waals surface area contributed by atoms with E-state index >= 15 is 0 Å². The van der Waals surface area contributed by atoms with Gasteiger partial charge in [-0.25, -0.2) is 0 Å². The standard InChI is InChI=1S/C16H27N5O2/c1-11(2)14(17)16(22)21-7-3-6-20(8-9-21)10-13-18-15(23-19-13)12-4-5-12/h11-12,14H,3-10,17H2,1-2H3/t14-/m0/s1. The highest BCUT2D eigenvalue weighted by molar-refractivity contribution is 5.81. The average Bonchev–Trinajstić information content (AvgIpc) is 3.31. The van der Waals surface area contributed by atoms with Gasteiger partial charge in [-0.3, -0.25) is 9.69 Å². The topological polar surface area (TPSA) is 88.5 Å². The lowest BCUT2D eigenvalue weighted by molar-refractivity contribution is -0.133. The van der Waals surface area contributed by atoms with E-state index in [4.69, 9.17) is 10.3 Å². The fourth-order valence-electron chi connectivity index (χ4n) is 2.87. The predicted molar refractivity (Wildman–Crippen MR) is 85.6 cm³/mol. The first-order valence-electron chi connectivity index (χ1n) is 8.64. The van der Waals surface area contributed by atoms with Crippen LogP contribution in [0.5, 0.6) is 0 Å². The third kappa shape index (κ3) is 4.09. The first-order chi connectivity index (χ1) is 11.0. The van der Waals surface area contributed by atoms with Crippen molar-refractivity contribution >= 4 is 5.91 Å². The van der Waals surface area contributed by atoms with E-state index in [1.165, 1.54) is 12.8 Å². The molecule has 7 nitrogen and oxygen atoms in total. The van der Waals surface area contributed by atoms with Crippen LogP contribution in [0.4, 0.5) is 0 Å². The predicted octanol–water partition coefficient (Wildman–Crippen LogP) is 0.965. The van der Waals surface area contributed by atoms with Gasteiger partial charge in [0.2, 0.25) is 11.8 Å². The monoisotopic (exact) mass is 321 g/mol. The molecule has 0 radical (unpaired) electrons. The van der Waals surface area contributed by atoms with Crippen LogP contribution in [0, 0.1) is 5.92 Å². The maximum Gasteiger partial charge on any atom is 0.239 e. The largest absolute Gasteiger partial charge is 0.340 e. The zero-order valence-electron chi connectivity index (χ0n) is 14.1. The molecule has 1 aliphatic heterocycles. The SMILES string of the molecule is CC(C)[C@H](N)C(=O)N1CCCN(Cc2noc(C3CC3)n2)CC1. The molecule has 2 heterocycles. The van der Waals surface area contributed by atoms with Crippen molar-refractivity contribution in [3.8, 4) is 0 Å². The normalized spacial score (nSPS) is 21.5. The van der Waals surface area contributed by atoms with Crippen LogP contribution in [-0.2, 0) is 11.3 Å². The van der Waals surface area contributed by atoms with Crippen molar-refractivity contribution in [2.45, 2.75) is 51.6 Å². The lowest BCUT2D eigenvalue weighted by Gasteiger charge is -2.26. The lowest BCUT2D eigenvalue weighted by atomic mass is 10.0. The van der Waals surface area contributed by atoms with Crippen molar-refractivity contribution < 1.29 is 9.32 Å². The molecule has 1 saturated carbocycles. The van der Waals surface area contributed by atoms with Crippen molar-refractivity contribution in [1.29, 1.82) is 0 Å². The number of hydrogen-bond acceptors (Lipinski definition) is 6. The number of hydrogen-bond donors (Lipinski definition) is 1. The molecule has 3 rings (SSSR count). The van der Waals surface area contributed by atoms with Crippen LogP contribution in [-0.4, -0.2) is 58.1 Å². The zero-order chi connectivity index (χ0) is 16.4. The second-order valence-corrected chi connectivity index (χ2v) is 7.05. The van der Waals surface area contributed by atoms with Crippen LogP contribution in [0.25, 0.3) is 0 Å². The molecule has 2 fully saturated rings. The van der Waals surface area contributed by atoms with Gasteiger partial charge >= 0.3 is 0 Å². The van der Waals surface area contributed by atoms with Crippen LogP contribution in [0.2, 0.25) is 0 Å². The van der Waals surface area contributed by atoms with Crippen LogP contribution < -0.4 is 5.73 Å². The molecular formula is C16H27N5O2. The van der Waals surface area contributed by atoms with Gasteiger partial charge in [-0.05, 0) is 25.2 Å². The van der Waals surface area contributed by atoms with Gasteiger partial charge in [0.05, 0.1) is 12.6 Å². The number of carbonyl (C=O) groups is 1. The number of amides is 1. The third-order valence-corrected chi connectivity index (χ3v) is 4.68. The Morgan fingerprint density at radius 2 is 2.09 bits per heavy atom. The van der Waals surface area contributed by atoms with E-state index in [0.29, 0.717) is 19.0 Å². The summed E-state index contributed by atoms with van der Waals surface area (Å²) in [5.41, 5.74) is 6.00. The molecule has 2 aliphatic rings. The highest BCUT2D eigenvalue weighted by Crippen LogP contribution is 2.38. The Hall–Kier alpha value is -1.47. The zero-order valence-corrected chi connectivity index (χ0v) is 14.1. The van der Waals surface area contributed by atoms with Gasteiger partial charge in [-0.2, -0.15) is 4.98 Å². The highest BCUT2D eigenvalue weighted by atomic mass is 16.5. The Morgan fingerprint density at radius 1 is 1.30 bits per heavy atom. The number of nitrogens with zero attached hydrogens (tertiary/aromatic N) is 4. The van der Waals surface area contributed by atoms with Crippen molar-refractivity contribution in [1.82, 2.24) is 19.9 Å². The number of aromatic nitrogens is 2. The summed E-state index contributed by atoms with van der Waals surface area (Å²) in [7, 11) is 0. The molecule has 0 spiro atoms. The molecule has 0 bridgehead atoms. The fourth-order valence-corrected chi connectivity index (χ4v) is 2.87. The van der Waals surface area contributed by atoms with Gasteiger partial charge < -0.3 is 15.2 Å². The molecule has 0 unspecified atom stereocenters. The van der Waals surface area contributed by atoms with E-state index in [9.17, 15) is 4.79 Å². The van der Waals surface area contributed by atoms with Gasteiger partial charge in [0.1, 0.15) is 0 Å². The molecule has 1 atom stereocenters. The first-order valence-corrected chi connectivity index (χ1v) is 8.64. The van der Waals surface area contributed by atoms with Gasteiger partial charge in [-0.1, -0.05) is 19.0 Å². The first kappa shape index (κ1) is 16.4. The van der Waals surface area contributed by atoms with E-state index in [1.54, 1.807) is 0 Å². The average molecular weight is 321 g/mol. The van der Waals surface area contributed by atoms with E-state index < -0.39 is 6.04 Å². The van der Waals surface area contributed by atoms with E-state index in [0.717, 1.165) is 37.8 Å². The highest BCUT2D eigenvalue weighted by Gasteiger charge is 2.30. The smallest absolute Gasteiger partial charge is 0.239 e. The van der Waals surface area contributed by atoms with Crippen molar-refractivity contribution in [2.24, 2.45) is 11.7 Å². The Morgan fingerprint density at radius 3 is 2.78 bits per heavy atom. The lowest BCUT2D eigenvalue weighted by Crippen LogP contribution is -2.47. The van der Waals surface area contributed by atoms with Gasteiger partial charge in [0.15, 0.2) is 5.82 Å². The molecule has 1 aliphatic carbocycles. The molecule has 7 heteroatoms. The van der Waals surface area contributed by atoms with Crippen LogP contribution in [0.15, 0.2) is 4.52 Å². The number of nitrogens with two attached hydrogens (primary N) is 1. The number of rotatable bonds is 5. The Labute approximate surface area is 137 Å². The van der Waals surface area contributed by atoms with E-state index in [1.807, 2.05) is 18.7 Å². The summed E-state index contributed by atoms with van der Waals surface area (Å²) in [6.45, 7) is 7.91. The maximum atomic E-state index is 12.4. The van der Waals surface area contributed by atoms with Crippen molar-refractivity contribution in [3.05, 3.63) is 11.7 Å². The molecule has 1 saturated heterocycles. The molecule has 1 aromatic heterocycles. The fraction of sp³-hybridized carbons (Fsp3) is 0.812. The Kier molecular flexibility index (Phi) is 4.96. The summed E-state index contributed by atoms with van der Waals surface area (Å²) in [4.78, 5) is 21.1. The molecule has 2 N–H and O–H groups in total. The summed E-state index contributed by atoms with van der Waals surface area (Å²) in [5, 5.41) is 4.08. The van der Waals surface area contributed by atoms with Crippen LogP contribution in [0.1, 0.15) is 50.7 Å². The minimum atomic E-state index is -0.403. The third-order valence-electron chi connectivity index (χ3n) is 4.68. The molecule has 1 amide bonds. The molecular weight excluding hydrogens is 294 g/mol. The second-order valence-electron chi connectivity index (χ2n) is 7.05. The van der Waals surface area contributed by atoms with Crippen LogP contribution in [0.3, 0.4) is 0 Å². The quantitative estimate of drug-likeness (QED) is 0.869. The van der Waals surface area contributed by atoms with Crippen LogP contribution >= 0.6 is 0 Å². The molecule has 128 valence electrons. The maximum absolute atomic E-state index is 12.4. The second kappa shape index (κ2) is 6.97. The molecule has 23 heavy (non-hydrogen) atoms. The van der Waals surface area contributed by atoms with Gasteiger partial charge in [0.25, 0.3) is 0 Å². The minimum absolute atomic E-state index is 0.0671. The van der Waals surface area contributed by atoms with Crippen molar-refractivity contribution in [3.63, 3.8) is 0 Å². The summed E-state index contributed by atoms with van der Waals surface area (Å²) in [6, 6.07) is -0.403.